The molecule has 0 unspecified atom stereocenters. The second kappa shape index (κ2) is 7.37. The van der Waals surface area contributed by atoms with E-state index in [0.717, 1.165) is 0 Å². The Morgan fingerprint density at radius 1 is 1.32 bits per heavy atom. The lowest BCUT2D eigenvalue weighted by Crippen LogP contribution is -2.23. The van der Waals surface area contributed by atoms with Gasteiger partial charge in [0, 0.05) is 30.0 Å². The molecule has 0 aromatic heterocycles. The lowest BCUT2D eigenvalue weighted by atomic mass is 10.1. The summed E-state index contributed by atoms with van der Waals surface area (Å²) < 4.78 is 0. The standard InChI is InChI=1S/C11H12N2O5S/c14-10(7-19-6-5-12-11(15)16)8-1-3-9(4-2-8)13(17)18/h1-4,12H,5-7H2,(H,15,16). The van der Waals surface area contributed by atoms with Crippen molar-refractivity contribution >= 4 is 29.3 Å². The summed E-state index contributed by atoms with van der Waals surface area (Å²) >= 11 is 1.30. The van der Waals surface area contributed by atoms with Gasteiger partial charge in [0.2, 0.25) is 0 Å². The van der Waals surface area contributed by atoms with E-state index >= 15 is 0 Å². The van der Waals surface area contributed by atoms with Crippen molar-refractivity contribution in [2.45, 2.75) is 0 Å². The fourth-order valence-corrected chi connectivity index (χ4v) is 1.99. The van der Waals surface area contributed by atoms with Gasteiger partial charge in [0.15, 0.2) is 5.78 Å². The summed E-state index contributed by atoms with van der Waals surface area (Å²) in [5, 5.41) is 21.0. The molecule has 0 aliphatic carbocycles. The molecule has 0 radical (unpaired) electrons. The van der Waals surface area contributed by atoms with Crippen LogP contribution in [0.2, 0.25) is 0 Å². The van der Waals surface area contributed by atoms with Gasteiger partial charge in [-0.1, -0.05) is 0 Å². The van der Waals surface area contributed by atoms with Crippen LogP contribution in [0.25, 0.3) is 0 Å². The highest BCUT2D eigenvalue weighted by Crippen LogP contribution is 2.13. The van der Waals surface area contributed by atoms with Crippen LogP contribution in [0.1, 0.15) is 10.4 Å². The van der Waals surface area contributed by atoms with Gasteiger partial charge >= 0.3 is 6.09 Å². The number of nitrogens with one attached hydrogen (secondary N) is 1. The van der Waals surface area contributed by atoms with E-state index in [1.54, 1.807) is 0 Å². The smallest absolute Gasteiger partial charge is 0.404 e. The lowest BCUT2D eigenvalue weighted by Gasteiger charge is -2.02. The van der Waals surface area contributed by atoms with Gasteiger partial charge in [-0.3, -0.25) is 14.9 Å². The van der Waals surface area contributed by atoms with Gasteiger partial charge in [-0.05, 0) is 12.1 Å². The Morgan fingerprint density at radius 3 is 2.47 bits per heavy atom. The van der Waals surface area contributed by atoms with Crippen molar-refractivity contribution in [3.63, 3.8) is 0 Å². The number of amides is 1. The van der Waals surface area contributed by atoms with Crippen molar-refractivity contribution in [2.75, 3.05) is 18.1 Å². The van der Waals surface area contributed by atoms with Crippen LogP contribution in [-0.4, -0.2) is 40.0 Å². The summed E-state index contributed by atoms with van der Waals surface area (Å²) in [7, 11) is 0. The molecule has 8 heteroatoms. The van der Waals surface area contributed by atoms with Crippen LogP contribution in [-0.2, 0) is 0 Å². The molecule has 7 nitrogen and oxygen atoms in total. The average molecular weight is 284 g/mol. The van der Waals surface area contributed by atoms with E-state index in [-0.39, 0.29) is 23.8 Å². The zero-order chi connectivity index (χ0) is 14.3. The Labute approximate surface area is 113 Å². The van der Waals surface area contributed by atoms with E-state index in [4.69, 9.17) is 5.11 Å². The largest absolute Gasteiger partial charge is 0.465 e. The van der Waals surface area contributed by atoms with E-state index in [9.17, 15) is 19.7 Å². The van der Waals surface area contributed by atoms with Crippen LogP contribution in [0, 0.1) is 10.1 Å². The van der Waals surface area contributed by atoms with Crippen LogP contribution >= 0.6 is 11.8 Å². The summed E-state index contributed by atoms with van der Waals surface area (Å²) in [4.78, 5) is 31.8. The normalized spacial score (nSPS) is 9.89. The van der Waals surface area contributed by atoms with E-state index in [2.05, 4.69) is 5.32 Å². The third-order valence-electron chi connectivity index (χ3n) is 2.16. The second-order valence-corrected chi connectivity index (χ2v) is 4.62. The van der Waals surface area contributed by atoms with Crippen molar-refractivity contribution in [2.24, 2.45) is 0 Å². The Kier molecular flexibility index (Phi) is 5.80. The molecule has 0 atom stereocenters. The molecule has 19 heavy (non-hydrogen) atoms. The van der Waals surface area contributed by atoms with Crippen LogP contribution in [0.3, 0.4) is 0 Å². The first-order valence-corrected chi connectivity index (χ1v) is 6.48. The molecule has 0 fully saturated rings. The molecule has 0 aliphatic heterocycles. The van der Waals surface area contributed by atoms with Crippen molar-refractivity contribution in [1.82, 2.24) is 5.32 Å². The number of thioether (sulfide) groups is 1. The molecule has 1 aromatic rings. The second-order valence-electron chi connectivity index (χ2n) is 3.51. The zero-order valence-electron chi connectivity index (χ0n) is 9.87. The molecule has 0 saturated carbocycles. The Morgan fingerprint density at radius 2 is 1.95 bits per heavy atom. The SMILES string of the molecule is O=C(O)NCCSCC(=O)c1ccc([N+](=O)[O-])cc1. The molecule has 0 saturated heterocycles. The number of nitro groups is 1. The number of rotatable bonds is 7. The first kappa shape index (κ1) is 15.0. The van der Waals surface area contributed by atoms with Crippen molar-refractivity contribution < 1.29 is 19.6 Å². The highest BCUT2D eigenvalue weighted by atomic mass is 32.2. The highest BCUT2D eigenvalue weighted by Gasteiger charge is 2.09. The minimum atomic E-state index is -1.10. The molecule has 0 bridgehead atoms. The van der Waals surface area contributed by atoms with Crippen LogP contribution < -0.4 is 5.32 Å². The molecule has 2 N–H and O–H groups in total. The van der Waals surface area contributed by atoms with Crippen LogP contribution in [0.15, 0.2) is 24.3 Å². The van der Waals surface area contributed by atoms with Gasteiger partial charge in [0.05, 0.1) is 10.7 Å². The monoisotopic (exact) mass is 284 g/mol. The predicted octanol–water partition coefficient (Wildman–Crippen LogP) is 1.78. The van der Waals surface area contributed by atoms with Gasteiger partial charge < -0.3 is 10.4 Å². The van der Waals surface area contributed by atoms with Crippen molar-refractivity contribution in [3.05, 3.63) is 39.9 Å². The maximum absolute atomic E-state index is 11.7. The summed E-state index contributed by atoms with van der Waals surface area (Å²) in [6, 6.07) is 5.39. The van der Waals surface area contributed by atoms with E-state index < -0.39 is 11.0 Å². The maximum atomic E-state index is 11.7. The first-order valence-electron chi connectivity index (χ1n) is 5.33. The minimum Gasteiger partial charge on any atom is -0.465 e. The Balaban J connectivity index is 2.37. The number of nitrogens with zero attached hydrogens (tertiary/aromatic N) is 1. The third kappa shape index (κ3) is 5.38. The van der Waals surface area contributed by atoms with Crippen molar-refractivity contribution in [1.29, 1.82) is 0 Å². The molecule has 0 aliphatic rings. The Bertz CT molecular complexity index is 474. The van der Waals surface area contributed by atoms with E-state index in [1.807, 2.05) is 0 Å². The third-order valence-corrected chi connectivity index (χ3v) is 3.11. The topological polar surface area (TPSA) is 110 Å². The summed E-state index contributed by atoms with van der Waals surface area (Å²) in [5.74, 6) is 0.555. The molecule has 1 amide bonds. The number of carboxylic acid groups (broad SMARTS) is 1. The average Bonchev–Trinajstić information content (AvgIpc) is 2.37. The molecule has 0 heterocycles. The number of nitro benzene ring substituents is 1. The summed E-state index contributed by atoms with van der Waals surface area (Å²) in [6.45, 7) is 0.271. The van der Waals surface area contributed by atoms with E-state index in [0.29, 0.717) is 11.3 Å². The Hall–Kier alpha value is -2.09. The number of ketones is 1. The van der Waals surface area contributed by atoms with Crippen LogP contribution in [0.5, 0.6) is 0 Å². The van der Waals surface area contributed by atoms with Gasteiger partial charge in [-0.25, -0.2) is 4.79 Å². The maximum Gasteiger partial charge on any atom is 0.404 e. The first-order chi connectivity index (χ1) is 9.00. The fraction of sp³-hybridized carbons (Fsp3) is 0.273. The molecule has 1 rings (SSSR count). The fourth-order valence-electron chi connectivity index (χ4n) is 1.25. The zero-order valence-corrected chi connectivity index (χ0v) is 10.7. The number of hydrogen-bond donors (Lipinski definition) is 2. The minimum absolute atomic E-state index is 0.0603. The number of Topliss-reactive ketones (excluding diaryl/α,β-unsaturated/α-hetero) is 1. The van der Waals surface area contributed by atoms with Gasteiger partial charge in [-0.15, -0.1) is 0 Å². The number of carbonyl (C=O) groups is 2. The van der Waals surface area contributed by atoms with Crippen molar-refractivity contribution in [3.8, 4) is 0 Å². The van der Waals surface area contributed by atoms with Gasteiger partial charge in [0.25, 0.3) is 5.69 Å². The molecular formula is C11H12N2O5S. The lowest BCUT2D eigenvalue weighted by molar-refractivity contribution is -0.384. The number of carbonyl (C=O) groups excluding carboxylic acids is 1. The number of hydrogen-bond acceptors (Lipinski definition) is 5. The number of benzene rings is 1. The summed E-state index contributed by atoms with van der Waals surface area (Å²) in [6.07, 6.45) is -1.10. The molecule has 0 spiro atoms. The molecule has 1 aromatic carbocycles. The number of non-ortho nitro benzene ring substituents is 1. The highest BCUT2D eigenvalue weighted by molar-refractivity contribution is 8.00. The quantitative estimate of drug-likeness (QED) is 0.342. The van der Waals surface area contributed by atoms with Crippen LogP contribution in [0.4, 0.5) is 10.5 Å². The van der Waals surface area contributed by atoms with Gasteiger partial charge in [0.1, 0.15) is 0 Å². The summed E-state index contributed by atoms with van der Waals surface area (Å²) in [5.41, 5.74) is 0.346. The van der Waals surface area contributed by atoms with Gasteiger partial charge in [-0.2, -0.15) is 11.8 Å². The predicted molar refractivity (Wildman–Crippen MR) is 70.8 cm³/mol. The molecule has 102 valence electrons. The molecular weight excluding hydrogens is 272 g/mol. The van der Waals surface area contributed by atoms with E-state index in [1.165, 1.54) is 36.0 Å².